The lowest BCUT2D eigenvalue weighted by Gasteiger charge is -2.14. The molecule has 2 rings (SSSR count). The van der Waals surface area contributed by atoms with Gasteiger partial charge < -0.3 is 0 Å². The third kappa shape index (κ3) is 3.50. The fourth-order valence-corrected chi connectivity index (χ4v) is 3.39. The molecule has 2 aromatic carbocycles. The second kappa shape index (κ2) is 6.25. The van der Waals surface area contributed by atoms with Crippen LogP contribution in [0.3, 0.4) is 0 Å². The monoisotopic (exact) mass is 360 g/mol. The predicted molar refractivity (Wildman–Crippen MR) is 82.6 cm³/mol. The fourth-order valence-electron chi connectivity index (χ4n) is 1.90. The maximum atomic E-state index is 13.7. The van der Waals surface area contributed by atoms with Crippen LogP contribution < -0.4 is 0 Å². The lowest BCUT2D eigenvalue weighted by molar-refractivity contribution is 0.607. The van der Waals surface area contributed by atoms with Gasteiger partial charge in [0.05, 0.1) is 5.38 Å². The van der Waals surface area contributed by atoms with Gasteiger partial charge in [-0.15, -0.1) is 11.6 Å². The van der Waals surface area contributed by atoms with Gasteiger partial charge in [0, 0.05) is 15.1 Å². The quantitative estimate of drug-likeness (QED) is 0.581. The van der Waals surface area contributed by atoms with Crippen molar-refractivity contribution in [3.8, 4) is 0 Å². The molecule has 0 bridgehead atoms. The van der Waals surface area contributed by atoms with Gasteiger partial charge in [0.1, 0.15) is 5.82 Å². The average molecular weight is 362 g/mol. The van der Waals surface area contributed by atoms with Crippen molar-refractivity contribution in [3.63, 3.8) is 0 Å². The maximum Gasteiger partial charge on any atom is 0.127 e. The molecule has 0 spiro atoms. The number of halogens is 4. The van der Waals surface area contributed by atoms with E-state index in [1.165, 1.54) is 6.07 Å². The molecule has 0 nitrogen and oxygen atoms in total. The van der Waals surface area contributed by atoms with Crippen LogP contribution in [-0.4, -0.2) is 0 Å². The third-order valence-corrected chi connectivity index (χ3v) is 4.37. The Balaban J connectivity index is 2.28. The number of aryl methyl sites for hydroxylation is 1. The van der Waals surface area contributed by atoms with Crippen LogP contribution in [0.5, 0.6) is 0 Å². The molecule has 4 heteroatoms. The summed E-state index contributed by atoms with van der Waals surface area (Å²) < 4.78 is 14.7. The molecule has 0 aliphatic heterocycles. The molecule has 0 saturated carbocycles. The molecule has 2 aromatic rings. The Bertz CT molecular complexity index is 578. The van der Waals surface area contributed by atoms with Crippen LogP contribution in [0.25, 0.3) is 0 Å². The summed E-state index contributed by atoms with van der Waals surface area (Å²) in [7, 11) is 0. The lowest BCUT2D eigenvalue weighted by atomic mass is 10.0. The summed E-state index contributed by atoms with van der Waals surface area (Å²) in [5.74, 6) is -0.318. The topological polar surface area (TPSA) is 0 Å². The summed E-state index contributed by atoms with van der Waals surface area (Å²) in [6, 6.07) is 10.6. The molecule has 0 aliphatic rings. The van der Waals surface area contributed by atoms with Crippen LogP contribution in [0.1, 0.15) is 22.1 Å². The van der Waals surface area contributed by atoms with Crippen LogP contribution in [0.15, 0.2) is 40.9 Å². The zero-order valence-electron chi connectivity index (χ0n) is 10.3. The molecule has 0 aliphatic carbocycles. The van der Waals surface area contributed by atoms with E-state index in [2.05, 4.69) is 15.9 Å². The summed E-state index contributed by atoms with van der Waals surface area (Å²) in [5.41, 5.74) is 2.53. The van der Waals surface area contributed by atoms with Gasteiger partial charge >= 0.3 is 0 Å². The van der Waals surface area contributed by atoms with Gasteiger partial charge in [0.25, 0.3) is 0 Å². The highest BCUT2D eigenvalue weighted by molar-refractivity contribution is 9.10. The van der Waals surface area contributed by atoms with Crippen LogP contribution in [-0.2, 0) is 6.42 Å². The molecule has 0 aromatic heterocycles. The normalized spacial score (nSPS) is 12.5. The minimum atomic E-state index is -0.329. The zero-order chi connectivity index (χ0) is 14.0. The van der Waals surface area contributed by atoms with Crippen LogP contribution in [0.4, 0.5) is 4.39 Å². The van der Waals surface area contributed by atoms with E-state index in [1.54, 1.807) is 12.1 Å². The van der Waals surface area contributed by atoms with Crippen LogP contribution in [0, 0.1) is 12.7 Å². The van der Waals surface area contributed by atoms with Crippen molar-refractivity contribution in [1.29, 1.82) is 0 Å². The van der Waals surface area contributed by atoms with Crippen molar-refractivity contribution in [2.45, 2.75) is 18.7 Å². The Morgan fingerprint density at radius 3 is 2.63 bits per heavy atom. The van der Waals surface area contributed by atoms with Crippen molar-refractivity contribution < 1.29 is 4.39 Å². The number of alkyl halides is 1. The van der Waals surface area contributed by atoms with Crippen molar-refractivity contribution in [3.05, 3.63) is 68.4 Å². The fraction of sp³-hybridized carbons (Fsp3) is 0.200. The SMILES string of the molecule is Cc1ccc(C(Cl)Cc2c(F)cccc2Cl)c(Br)c1. The van der Waals surface area contributed by atoms with E-state index in [0.717, 1.165) is 15.6 Å². The predicted octanol–water partition coefficient (Wildman–Crippen LogP) is 6.07. The first-order valence-electron chi connectivity index (χ1n) is 5.82. The van der Waals surface area contributed by atoms with Crippen molar-refractivity contribution in [2.75, 3.05) is 0 Å². The Labute approximate surface area is 130 Å². The highest BCUT2D eigenvalue weighted by atomic mass is 79.9. The molecule has 0 N–H and O–H groups in total. The molecule has 19 heavy (non-hydrogen) atoms. The van der Waals surface area contributed by atoms with E-state index in [1.807, 2.05) is 25.1 Å². The van der Waals surface area contributed by atoms with E-state index in [-0.39, 0.29) is 11.2 Å². The number of rotatable bonds is 3. The van der Waals surface area contributed by atoms with Crippen molar-refractivity contribution in [1.82, 2.24) is 0 Å². The molecule has 0 fully saturated rings. The lowest BCUT2D eigenvalue weighted by Crippen LogP contribution is -2.00. The van der Waals surface area contributed by atoms with E-state index in [0.29, 0.717) is 17.0 Å². The summed E-state index contributed by atoms with van der Waals surface area (Å²) in [6.45, 7) is 2.01. The molecule has 100 valence electrons. The highest BCUT2D eigenvalue weighted by Crippen LogP contribution is 2.34. The second-order valence-electron chi connectivity index (χ2n) is 4.40. The average Bonchev–Trinajstić information content (AvgIpc) is 2.33. The molecule has 1 atom stereocenters. The second-order valence-corrected chi connectivity index (χ2v) is 6.19. The summed E-state index contributed by atoms with van der Waals surface area (Å²) in [5, 5.41) is 0.0817. The van der Waals surface area contributed by atoms with Gasteiger partial charge in [-0.05, 0) is 42.7 Å². The van der Waals surface area contributed by atoms with Gasteiger partial charge in [-0.3, -0.25) is 0 Å². The van der Waals surface area contributed by atoms with E-state index < -0.39 is 0 Å². The number of hydrogen-bond acceptors (Lipinski definition) is 0. The van der Waals surface area contributed by atoms with Crippen LogP contribution >= 0.6 is 39.1 Å². The molecule has 0 saturated heterocycles. The summed E-state index contributed by atoms with van der Waals surface area (Å²) in [6.07, 6.45) is 0.356. The highest BCUT2D eigenvalue weighted by Gasteiger charge is 2.16. The van der Waals surface area contributed by atoms with Gasteiger partial charge in [0.2, 0.25) is 0 Å². The van der Waals surface area contributed by atoms with Crippen LogP contribution in [0.2, 0.25) is 5.02 Å². The Morgan fingerprint density at radius 2 is 2.00 bits per heavy atom. The molecule has 1 unspecified atom stereocenters. The number of benzene rings is 2. The van der Waals surface area contributed by atoms with Crippen molar-refractivity contribution in [2.24, 2.45) is 0 Å². The van der Waals surface area contributed by atoms with E-state index in [4.69, 9.17) is 23.2 Å². The molecule has 0 amide bonds. The Kier molecular flexibility index (Phi) is 4.88. The minimum Gasteiger partial charge on any atom is -0.207 e. The minimum absolute atomic E-state index is 0.318. The Morgan fingerprint density at radius 1 is 1.26 bits per heavy atom. The summed E-state index contributed by atoms with van der Waals surface area (Å²) in [4.78, 5) is 0. The molecular formula is C15H12BrCl2F. The first-order chi connectivity index (χ1) is 8.99. The largest absolute Gasteiger partial charge is 0.207 e. The third-order valence-electron chi connectivity index (χ3n) is 2.94. The van der Waals surface area contributed by atoms with Gasteiger partial charge in [-0.25, -0.2) is 4.39 Å². The van der Waals surface area contributed by atoms with Crippen molar-refractivity contribution >= 4 is 39.1 Å². The van der Waals surface area contributed by atoms with Gasteiger partial charge in [-0.2, -0.15) is 0 Å². The zero-order valence-corrected chi connectivity index (χ0v) is 13.4. The number of hydrogen-bond donors (Lipinski definition) is 0. The Hall–Kier alpha value is -0.570. The molecule has 0 radical (unpaired) electrons. The molecule has 0 heterocycles. The first-order valence-corrected chi connectivity index (χ1v) is 7.43. The molecular weight excluding hydrogens is 350 g/mol. The summed E-state index contributed by atoms with van der Waals surface area (Å²) >= 11 is 15.9. The van der Waals surface area contributed by atoms with E-state index >= 15 is 0 Å². The smallest absolute Gasteiger partial charge is 0.127 e. The first kappa shape index (κ1) is 14.8. The standard InChI is InChI=1S/C15H12BrCl2F/c1-9-5-6-10(12(16)7-9)14(18)8-11-13(17)3-2-4-15(11)19/h2-7,14H,8H2,1H3. The maximum absolute atomic E-state index is 13.7. The van der Waals surface area contributed by atoms with Gasteiger partial charge in [0.15, 0.2) is 0 Å². The van der Waals surface area contributed by atoms with E-state index in [9.17, 15) is 4.39 Å². The van der Waals surface area contributed by atoms with Gasteiger partial charge in [-0.1, -0.05) is 45.7 Å².